The van der Waals surface area contributed by atoms with Gasteiger partial charge in [0.05, 0.1) is 6.54 Å². The Bertz CT molecular complexity index is 265. The number of carbonyl (C=O) groups is 1. The zero-order chi connectivity index (χ0) is 11.0. The number of nitrogens with zero attached hydrogens (tertiary/aromatic N) is 1. The van der Waals surface area contributed by atoms with Crippen LogP contribution in [-0.2, 0) is 4.79 Å². The van der Waals surface area contributed by atoms with E-state index in [-0.39, 0.29) is 5.91 Å². The summed E-state index contributed by atoms with van der Waals surface area (Å²) < 4.78 is 0. The average molecular weight is 223 g/mol. The van der Waals surface area contributed by atoms with Crippen LogP contribution in [0.15, 0.2) is 0 Å². The maximum absolute atomic E-state index is 11.7. The highest BCUT2D eigenvalue weighted by atomic mass is 16.2. The van der Waals surface area contributed by atoms with Crippen LogP contribution in [0.5, 0.6) is 0 Å². The molecule has 0 unspecified atom stereocenters. The topological polar surface area (TPSA) is 44.4 Å². The first-order valence-corrected chi connectivity index (χ1v) is 6.53. The van der Waals surface area contributed by atoms with Gasteiger partial charge in [0, 0.05) is 25.7 Å². The molecule has 4 nitrogen and oxygen atoms in total. The van der Waals surface area contributed by atoms with Gasteiger partial charge in [-0.2, -0.15) is 0 Å². The second-order valence-electron chi connectivity index (χ2n) is 5.55. The Morgan fingerprint density at radius 2 is 2.19 bits per heavy atom. The van der Waals surface area contributed by atoms with Gasteiger partial charge in [-0.1, -0.05) is 0 Å². The molecule has 1 aliphatic carbocycles. The maximum atomic E-state index is 11.7. The van der Waals surface area contributed by atoms with Gasteiger partial charge in [-0.25, -0.2) is 0 Å². The van der Waals surface area contributed by atoms with E-state index in [9.17, 15) is 4.79 Å². The molecule has 3 aliphatic rings. The number of rotatable bonds is 4. The Morgan fingerprint density at radius 3 is 2.94 bits per heavy atom. The Labute approximate surface area is 96.8 Å². The molecule has 1 amide bonds. The standard InChI is InChI=1S/C12H21N3O/c16-12(14-5-9-1-2-9)8-15-6-10-3-4-13-11(10)7-15/h9-11,13H,1-8H2,(H,14,16)/t10-,11+/m0/s1. The van der Waals surface area contributed by atoms with Crippen molar-refractivity contribution in [2.75, 3.05) is 32.7 Å². The summed E-state index contributed by atoms with van der Waals surface area (Å²) in [6, 6.07) is 0.649. The van der Waals surface area contributed by atoms with Crippen LogP contribution in [0.3, 0.4) is 0 Å². The van der Waals surface area contributed by atoms with E-state index in [4.69, 9.17) is 0 Å². The van der Waals surface area contributed by atoms with E-state index in [1.165, 1.54) is 19.3 Å². The van der Waals surface area contributed by atoms with Gasteiger partial charge >= 0.3 is 0 Å². The van der Waals surface area contributed by atoms with Crippen LogP contribution in [-0.4, -0.2) is 49.6 Å². The van der Waals surface area contributed by atoms with Crippen LogP contribution >= 0.6 is 0 Å². The zero-order valence-electron chi connectivity index (χ0n) is 9.74. The summed E-state index contributed by atoms with van der Waals surface area (Å²) in [5.41, 5.74) is 0. The summed E-state index contributed by atoms with van der Waals surface area (Å²) in [5.74, 6) is 1.78. The van der Waals surface area contributed by atoms with Gasteiger partial charge in [0.1, 0.15) is 0 Å². The molecule has 0 radical (unpaired) electrons. The summed E-state index contributed by atoms with van der Waals surface area (Å²) in [4.78, 5) is 14.0. The fraction of sp³-hybridized carbons (Fsp3) is 0.917. The maximum Gasteiger partial charge on any atom is 0.234 e. The van der Waals surface area contributed by atoms with Gasteiger partial charge in [-0.3, -0.25) is 9.69 Å². The molecule has 3 fully saturated rings. The van der Waals surface area contributed by atoms with Crippen molar-refractivity contribution in [2.45, 2.75) is 25.3 Å². The van der Waals surface area contributed by atoms with E-state index in [1.54, 1.807) is 0 Å². The lowest BCUT2D eigenvalue weighted by Gasteiger charge is -2.16. The normalized spacial score (nSPS) is 34.0. The summed E-state index contributed by atoms with van der Waals surface area (Å²) in [7, 11) is 0. The zero-order valence-corrected chi connectivity index (χ0v) is 9.74. The van der Waals surface area contributed by atoms with E-state index in [2.05, 4.69) is 15.5 Å². The Balaban J connectivity index is 1.39. The van der Waals surface area contributed by atoms with Crippen LogP contribution < -0.4 is 10.6 Å². The molecule has 2 saturated heterocycles. The van der Waals surface area contributed by atoms with Crippen LogP contribution in [0.1, 0.15) is 19.3 Å². The number of hydrogen-bond acceptors (Lipinski definition) is 3. The first kappa shape index (κ1) is 10.5. The predicted octanol–water partition coefficient (Wildman–Crippen LogP) is -0.194. The first-order chi connectivity index (χ1) is 7.81. The minimum atomic E-state index is 0.215. The van der Waals surface area contributed by atoms with Crippen LogP contribution in [0.4, 0.5) is 0 Å². The van der Waals surface area contributed by atoms with Crippen molar-refractivity contribution in [2.24, 2.45) is 11.8 Å². The van der Waals surface area contributed by atoms with E-state index in [0.29, 0.717) is 12.6 Å². The Morgan fingerprint density at radius 1 is 1.31 bits per heavy atom. The van der Waals surface area contributed by atoms with Gasteiger partial charge in [-0.05, 0) is 37.6 Å². The van der Waals surface area contributed by atoms with Gasteiger partial charge in [-0.15, -0.1) is 0 Å². The number of hydrogen-bond donors (Lipinski definition) is 2. The Kier molecular flexibility index (Phi) is 2.86. The Hall–Kier alpha value is -0.610. The molecule has 3 rings (SSSR count). The molecule has 0 bridgehead atoms. The third-order valence-electron chi connectivity index (χ3n) is 4.09. The van der Waals surface area contributed by atoms with Crippen LogP contribution in [0, 0.1) is 11.8 Å². The molecule has 1 saturated carbocycles. The molecular weight excluding hydrogens is 202 g/mol. The highest BCUT2D eigenvalue weighted by Crippen LogP contribution is 2.27. The van der Waals surface area contributed by atoms with E-state index in [0.717, 1.165) is 38.0 Å². The fourth-order valence-electron chi connectivity index (χ4n) is 2.91. The average Bonchev–Trinajstić information content (AvgIpc) is 2.86. The number of amides is 1. The van der Waals surface area contributed by atoms with Crippen molar-refractivity contribution < 1.29 is 4.79 Å². The molecule has 2 aliphatic heterocycles. The van der Waals surface area contributed by atoms with E-state index < -0.39 is 0 Å². The van der Waals surface area contributed by atoms with Gasteiger partial charge in [0.25, 0.3) is 0 Å². The smallest absolute Gasteiger partial charge is 0.234 e. The second kappa shape index (κ2) is 4.34. The van der Waals surface area contributed by atoms with Crippen molar-refractivity contribution >= 4 is 5.91 Å². The summed E-state index contributed by atoms with van der Waals surface area (Å²) in [6.45, 7) is 4.83. The molecule has 90 valence electrons. The third kappa shape index (κ3) is 2.38. The van der Waals surface area contributed by atoms with Crippen molar-refractivity contribution in [1.82, 2.24) is 15.5 Å². The molecule has 4 heteroatoms. The molecule has 0 aromatic rings. The lowest BCUT2D eigenvalue weighted by molar-refractivity contribution is -0.122. The second-order valence-corrected chi connectivity index (χ2v) is 5.55. The van der Waals surface area contributed by atoms with Crippen molar-refractivity contribution in [3.63, 3.8) is 0 Å². The van der Waals surface area contributed by atoms with Gasteiger partial charge in [0.15, 0.2) is 0 Å². The summed E-state index contributed by atoms with van der Waals surface area (Å²) >= 11 is 0. The van der Waals surface area contributed by atoms with Gasteiger partial charge in [0.2, 0.25) is 5.91 Å². The number of fused-ring (bicyclic) bond motifs is 1. The van der Waals surface area contributed by atoms with Gasteiger partial charge < -0.3 is 10.6 Å². The number of likely N-dealkylation sites (tertiary alicyclic amines) is 1. The monoisotopic (exact) mass is 223 g/mol. The highest BCUT2D eigenvalue weighted by molar-refractivity contribution is 5.78. The minimum absolute atomic E-state index is 0.215. The largest absolute Gasteiger partial charge is 0.355 e. The quantitative estimate of drug-likeness (QED) is 0.694. The van der Waals surface area contributed by atoms with Crippen molar-refractivity contribution in [1.29, 1.82) is 0 Å². The first-order valence-electron chi connectivity index (χ1n) is 6.53. The summed E-state index contributed by atoms with van der Waals surface area (Å²) in [6.07, 6.45) is 3.89. The molecule has 0 spiro atoms. The summed E-state index contributed by atoms with van der Waals surface area (Å²) in [5, 5.41) is 6.54. The molecule has 0 aromatic carbocycles. The van der Waals surface area contributed by atoms with Crippen LogP contribution in [0.25, 0.3) is 0 Å². The molecule has 2 atom stereocenters. The van der Waals surface area contributed by atoms with E-state index in [1.807, 2.05) is 0 Å². The van der Waals surface area contributed by atoms with Crippen molar-refractivity contribution in [3.05, 3.63) is 0 Å². The molecule has 16 heavy (non-hydrogen) atoms. The molecule has 2 heterocycles. The fourth-order valence-corrected chi connectivity index (χ4v) is 2.91. The van der Waals surface area contributed by atoms with E-state index >= 15 is 0 Å². The number of nitrogens with one attached hydrogen (secondary N) is 2. The predicted molar refractivity (Wildman–Crippen MR) is 62.1 cm³/mol. The highest BCUT2D eigenvalue weighted by Gasteiger charge is 2.36. The number of carbonyl (C=O) groups excluding carboxylic acids is 1. The van der Waals surface area contributed by atoms with Crippen LogP contribution in [0.2, 0.25) is 0 Å². The minimum Gasteiger partial charge on any atom is -0.355 e. The molecule has 0 aromatic heterocycles. The SMILES string of the molecule is O=C(CN1C[C@@H]2CCN[C@@H]2C1)NCC1CC1. The van der Waals surface area contributed by atoms with Crippen molar-refractivity contribution in [3.8, 4) is 0 Å². The lowest BCUT2D eigenvalue weighted by Crippen LogP contribution is -2.38. The molecule has 2 N–H and O–H groups in total. The molecular formula is C12H21N3O. The lowest BCUT2D eigenvalue weighted by atomic mass is 10.1. The third-order valence-corrected chi connectivity index (χ3v) is 4.09.